The molecule has 0 spiro atoms. The van der Waals surface area contributed by atoms with E-state index in [2.05, 4.69) is 21.6 Å². The van der Waals surface area contributed by atoms with Crippen LogP contribution in [0, 0.1) is 13.8 Å². The van der Waals surface area contributed by atoms with E-state index in [0.717, 1.165) is 53.7 Å². The summed E-state index contributed by atoms with van der Waals surface area (Å²) >= 11 is 6.10. The van der Waals surface area contributed by atoms with E-state index in [9.17, 15) is 9.59 Å². The van der Waals surface area contributed by atoms with E-state index in [-0.39, 0.29) is 24.4 Å². The lowest BCUT2D eigenvalue weighted by atomic mass is 10.1. The lowest BCUT2D eigenvalue weighted by Crippen LogP contribution is -3.19. The molecule has 0 aliphatic carbocycles. The zero-order valence-corrected chi connectivity index (χ0v) is 18.6. The monoisotopic (exact) mass is 429 g/mol. The van der Waals surface area contributed by atoms with E-state index in [1.54, 1.807) is 0 Å². The molecule has 2 aromatic rings. The Kier molecular flexibility index (Phi) is 7.34. The van der Waals surface area contributed by atoms with Gasteiger partial charge in [0.15, 0.2) is 6.04 Å². The van der Waals surface area contributed by atoms with Crippen LogP contribution in [0.4, 0.5) is 11.4 Å². The number of benzene rings is 2. The van der Waals surface area contributed by atoms with Crippen LogP contribution >= 0.6 is 11.6 Å². The second-order valence-corrected chi connectivity index (χ2v) is 8.32. The van der Waals surface area contributed by atoms with Gasteiger partial charge < -0.3 is 20.4 Å². The third-order valence-electron chi connectivity index (χ3n) is 5.75. The molecule has 0 aromatic heterocycles. The summed E-state index contributed by atoms with van der Waals surface area (Å²) in [5.74, 6) is -0.313. The van der Waals surface area contributed by atoms with Crippen molar-refractivity contribution in [2.75, 3.05) is 42.9 Å². The van der Waals surface area contributed by atoms with Crippen molar-refractivity contribution in [3.63, 3.8) is 0 Å². The number of rotatable bonds is 6. The van der Waals surface area contributed by atoms with Gasteiger partial charge in [0.05, 0.1) is 32.7 Å². The number of carbonyl (C=O) groups excluding carboxylic acids is 2. The Bertz CT molecular complexity index is 890. The number of para-hydroxylation sites is 1. The molecule has 6 nitrogen and oxygen atoms in total. The van der Waals surface area contributed by atoms with Crippen LogP contribution < -0.4 is 20.4 Å². The fourth-order valence-corrected chi connectivity index (χ4v) is 4.04. The highest BCUT2D eigenvalue weighted by atomic mass is 35.5. The van der Waals surface area contributed by atoms with Gasteiger partial charge in [-0.25, -0.2) is 0 Å². The Morgan fingerprint density at radius 3 is 2.37 bits per heavy atom. The van der Waals surface area contributed by atoms with Crippen LogP contribution in [0.25, 0.3) is 0 Å². The average molecular weight is 430 g/mol. The zero-order chi connectivity index (χ0) is 21.7. The standard InChI is InChI=1S/C23H29ClN4O2/c1-16-6-4-7-17(2)22(16)26-21(29)15-25-23(30)18(3)27-10-12-28(13-11-27)20-9-5-8-19(24)14-20/h4-9,14,18H,10-13,15H2,1-3H3,(H,25,30)(H,26,29)/p+1/t18-/m0/s1. The first kappa shape index (κ1) is 22.1. The van der Waals surface area contributed by atoms with Gasteiger partial charge in [-0.15, -0.1) is 0 Å². The molecule has 160 valence electrons. The molecular weight excluding hydrogens is 400 g/mol. The molecule has 1 aliphatic heterocycles. The van der Waals surface area contributed by atoms with Crippen LogP contribution in [0.15, 0.2) is 42.5 Å². The number of nitrogens with one attached hydrogen (secondary N) is 3. The topological polar surface area (TPSA) is 65.9 Å². The van der Waals surface area contributed by atoms with Crippen molar-refractivity contribution in [1.82, 2.24) is 5.32 Å². The largest absolute Gasteiger partial charge is 0.360 e. The summed E-state index contributed by atoms with van der Waals surface area (Å²) in [5.41, 5.74) is 3.93. The van der Waals surface area contributed by atoms with Gasteiger partial charge >= 0.3 is 0 Å². The molecule has 1 aliphatic rings. The van der Waals surface area contributed by atoms with Crippen LogP contribution in [0.2, 0.25) is 5.02 Å². The summed E-state index contributed by atoms with van der Waals surface area (Å²) in [5, 5.41) is 6.42. The lowest BCUT2D eigenvalue weighted by Gasteiger charge is -2.36. The Morgan fingerprint density at radius 1 is 1.10 bits per heavy atom. The summed E-state index contributed by atoms with van der Waals surface area (Å²) < 4.78 is 0. The number of anilines is 2. The molecule has 0 saturated carbocycles. The molecule has 0 unspecified atom stereocenters. The van der Waals surface area contributed by atoms with E-state index in [1.165, 1.54) is 4.90 Å². The second-order valence-electron chi connectivity index (χ2n) is 7.88. The molecule has 3 rings (SSSR count). The summed E-state index contributed by atoms with van der Waals surface area (Å²) in [6.07, 6.45) is 0. The first-order chi connectivity index (χ1) is 14.3. The van der Waals surface area contributed by atoms with E-state index in [0.29, 0.717) is 0 Å². The highest BCUT2D eigenvalue weighted by molar-refractivity contribution is 6.30. The Labute approximate surface area is 183 Å². The van der Waals surface area contributed by atoms with Gasteiger partial charge in [0.2, 0.25) is 5.91 Å². The van der Waals surface area contributed by atoms with Gasteiger partial charge in [0.1, 0.15) is 0 Å². The number of quaternary nitrogens is 1. The number of nitrogens with zero attached hydrogens (tertiary/aromatic N) is 1. The Balaban J connectivity index is 1.46. The van der Waals surface area contributed by atoms with Crippen molar-refractivity contribution >= 4 is 34.8 Å². The first-order valence-corrected chi connectivity index (χ1v) is 10.7. The van der Waals surface area contributed by atoms with Gasteiger partial charge in [-0.2, -0.15) is 0 Å². The normalized spacial score (nSPS) is 15.5. The summed E-state index contributed by atoms with van der Waals surface area (Å²) in [7, 11) is 0. The third-order valence-corrected chi connectivity index (χ3v) is 5.99. The number of hydrogen-bond donors (Lipinski definition) is 3. The van der Waals surface area contributed by atoms with Gasteiger partial charge in [0, 0.05) is 16.4 Å². The molecule has 1 atom stereocenters. The van der Waals surface area contributed by atoms with E-state index < -0.39 is 0 Å². The van der Waals surface area contributed by atoms with Crippen LogP contribution in [0.1, 0.15) is 18.1 Å². The molecule has 30 heavy (non-hydrogen) atoms. The van der Waals surface area contributed by atoms with E-state index >= 15 is 0 Å². The molecule has 0 bridgehead atoms. The fourth-order valence-electron chi connectivity index (χ4n) is 3.86. The van der Waals surface area contributed by atoms with Crippen molar-refractivity contribution in [2.24, 2.45) is 0 Å². The molecule has 3 N–H and O–H groups in total. The van der Waals surface area contributed by atoms with Crippen LogP contribution in [-0.2, 0) is 9.59 Å². The molecule has 2 aromatic carbocycles. The maximum absolute atomic E-state index is 12.6. The number of piperazine rings is 1. The summed E-state index contributed by atoms with van der Waals surface area (Å²) in [4.78, 5) is 28.4. The average Bonchev–Trinajstić information content (AvgIpc) is 2.74. The molecule has 1 saturated heterocycles. The van der Waals surface area contributed by atoms with Crippen LogP contribution in [0.3, 0.4) is 0 Å². The predicted octanol–water partition coefficient (Wildman–Crippen LogP) is 1.81. The van der Waals surface area contributed by atoms with Crippen molar-refractivity contribution in [3.8, 4) is 0 Å². The third kappa shape index (κ3) is 5.52. The minimum Gasteiger partial charge on any atom is -0.360 e. The smallest absolute Gasteiger partial charge is 0.278 e. The first-order valence-electron chi connectivity index (χ1n) is 10.3. The van der Waals surface area contributed by atoms with Gasteiger partial charge in [-0.1, -0.05) is 35.9 Å². The minimum atomic E-state index is -0.214. The molecule has 1 heterocycles. The molecule has 2 amide bonds. The van der Waals surface area contributed by atoms with Gasteiger partial charge in [-0.05, 0) is 50.1 Å². The maximum atomic E-state index is 12.6. The lowest BCUT2D eigenvalue weighted by molar-refractivity contribution is -0.914. The number of halogens is 1. The molecule has 0 radical (unpaired) electrons. The predicted molar refractivity (Wildman–Crippen MR) is 121 cm³/mol. The molecular formula is C23H30ClN4O2+. The molecule has 7 heteroatoms. The summed E-state index contributed by atoms with van der Waals surface area (Å²) in [6.45, 7) is 9.24. The Morgan fingerprint density at radius 2 is 1.73 bits per heavy atom. The zero-order valence-electron chi connectivity index (χ0n) is 17.8. The van der Waals surface area contributed by atoms with Crippen LogP contribution in [0.5, 0.6) is 0 Å². The minimum absolute atomic E-state index is 0.0289. The fraction of sp³-hybridized carbons (Fsp3) is 0.391. The number of aryl methyl sites for hydroxylation is 2. The maximum Gasteiger partial charge on any atom is 0.278 e. The summed E-state index contributed by atoms with van der Waals surface area (Å²) in [6, 6.07) is 13.5. The van der Waals surface area contributed by atoms with E-state index in [1.807, 2.05) is 57.2 Å². The molecule has 1 fully saturated rings. The number of carbonyl (C=O) groups is 2. The van der Waals surface area contributed by atoms with Crippen molar-refractivity contribution < 1.29 is 14.5 Å². The van der Waals surface area contributed by atoms with Crippen LogP contribution in [-0.4, -0.2) is 50.6 Å². The van der Waals surface area contributed by atoms with Gasteiger partial charge in [0.25, 0.3) is 5.91 Å². The highest BCUT2D eigenvalue weighted by Crippen LogP contribution is 2.20. The Hall–Kier alpha value is -2.57. The number of amides is 2. The van der Waals surface area contributed by atoms with Crippen molar-refractivity contribution in [1.29, 1.82) is 0 Å². The second kappa shape index (κ2) is 9.96. The highest BCUT2D eigenvalue weighted by Gasteiger charge is 2.29. The quantitative estimate of drug-likeness (QED) is 0.656. The van der Waals surface area contributed by atoms with Crippen molar-refractivity contribution in [2.45, 2.75) is 26.8 Å². The van der Waals surface area contributed by atoms with Gasteiger partial charge in [-0.3, -0.25) is 9.59 Å². The van der Waals surface area contributed by atoms with E-state index in [4.69, 9.17) is 11.6 Å². The van der Waals surface area contributed by atoms with Crippen molar-refractivity contribution in [3.05, 3.63) is 58.6 Å². The number of hydrogen-bond acceptors (Lipinski definition) is 3. The SMILES string of the molecule is Cc1cccc(C)c1NC(=O)CNC(=O)[C@H](C)[NH+]1CCN(c2cccc(Cl)c2)CC1.